The Morgan fingerprint density at radius 2 is 2.13 bits per heavy atom. The van der Waals surface area contributed by atoms with Crippen molar-refractivity contribution in [1.29, 1.82) is 0 Å². The molecule has 0 heterocycles. The molecule has 2 aliphatic rings. The van der Waals surface area contributed by atoms with Crippen LogP contribution in [0.3, 0.4) is 0 Å². The quantitative estimate of drug-likeness (QED) is 0.470. The second kappa shape index (κ2) is 4.84. The van der Waals surface area contributed by atoms with Crippen molar-refractivity contribution in [1.82, 2.24) is 10.6 Å². The predicted molar refractivity (Wildman–Crippen MR) is 60.9 cm³/mol. The van der Waals surface area contributed by atoms with Crippen molar-refractivity contribution in [3.8, 4) is 0 Å². The Morgan fingerprint density at radius 1 is 1.33 bits per heavy atom. The first-order valence-electron chi connectivity index (χ1n) is 5.95. The number of hydrogen-bond acceptors (Lipinski definition) is 2. The fourth-order valence-electron chi connectivity index (χ4n) is 2.10. The zero-order valence-corrected chi connectivity index (χ0v) is 9.37. The van der Waals surface area contributed by atoms with E-state index in [4.69, 9.17) is 0 Å². The highest BCUT2D eigenvalue weighted by molar-refractivity contribution is 5.80. The van der Waals surface area contributed by atoms with Crippen molar-refractivity contribution in [2.24, 2.45) is 10.9 Å². The minimum absolute atomic E-state index is 0.114. The zero-order chi connectivity index (χ0) is 10.7. The van der Waals surface area contributed by atoms with Crippen LogP contribution in [0.1, 0.15) is 32.1 Å². The number of aliphatic imine (C=N–C) groups is 1. The van der Waals surface area contributed by atoms with Crippen LogP contribution in [0.15, 0.2) is 4.99 Å². The highest BCUT2D eigenvalue weighted by Crippen LogP contribution is 2.24. The Bertz CT molecular complexity index is 238. The summed E-state index contributed by atoms with van der Waals surface area (Å²) >= 11 is 0. The van der Waals surface area contributed by atoms with Crippen molar-refractivity contribution in [2.75, 3.05) is 13.6 Å². The number of hydrogen-bond donors (Lipinski definition) is 3. The number of rotatable bonds is 3. The summed E-state index contributed by atoms with van der Waals surface area (Å²) < 4.78 is 0. The number of nitrogens with zero attached hydrogens (tertiary/aromatic N) is 1. The van der Waals surface area contributed by atoms with Gasteiger partial charge in [-0.05, 0) is 25.7 Å². The van der Waals surface area contributed by atoms with Crippen LogP contribution in [0.5, 0.6) is 0 Å². The van der Waals surface area contributed by atoms with Crippen molar-refractivity contribution in [3.05, 3.63) is 0 Å². The van der Waals surface area contributed by atoms with Gasteiger partial charge in [-0.2, -0.15) is 0 Å². The molecule has 4 heteroatoms. The standard InChI is InChI=1S/C11H21N3O/c1-12-11(14-9-5-6-9)13-7-8-3-2-4-10(8)15/h8-10,15H,2-7H2,1H3,(H2,12,13,14). The van der Waals surface area contributed by atoms with Gasteiger partial charge in [0.2, 0.25) is 0 Å². The second-order valence-electron chi connectivity index (χ2n) is 4.63. The van der Waals surface area contributed by atoms with Gasteiger partial charge in [-0.3, -0.25) is 4.99 Å². The van der Waals surface area contributed by atoms with Gasteiger partial charge in [0.15, 0.2) is 5.96 Å². The minimum atomic E-state index is -0.114. The molecule has 2 atom stereocenters. The molecule has 0 amide bonds. The Balaban J connectivity index is 1.70. The maximum Gasteiger partial charge on any atom is 0.191 e. The summed E-state index contributed by atoms with van der Waals surface area (Å²) in [6.45, 7) is 0.841. The van der Waals surface area contributed by atoms with Crippen molar-refractivity contribution in [3.63, 3.8) is 0 Å². The fourth-order valence-corrected chi connectivity index (χ4v) is 2.10. The highest BCUT2D eigenvalue weighted by atomic mass is 16.3. The molecule has 0 aliphatic heterocycles. The number of nitrogens with one attached hydrogen (secondary N) is 2. The van der Waals surface area contributed by atoms with E-state index >= 15 is 0 Å². The molecular weight excluding hydrogens is 190 g/mol. The molecule has 0 aromatic heterocycles. The summed E-state index contributed by atoms with van der Waals surface area (Å²) in [5.74, 6) is 1.29. The van der Waals surface area contributed by atoms with Crippen LogP contribution >= 0.6 is 0 Å². The van der Waals surface area contributed by atoms with Gasteiger partial charge >= 0.3 is 0 Å². The first kappa shape index (κ1) is 10.7. The van der Waals surface area contributed by atoms with E-state index in [1.54, 1.807) is 7.05 Å². The molecule has 0 aromatic carbocycles. The average molecular weight is 211 g/mol. The molecule has 15 heavy (non-hydrogen) atoms. The van der Waals surface area contributed by atoms with Crippen molar-refractivity contribution >= 4 is 5.96 Å². The van der Waals surface area contributed by atoms with E-state index in [2.05, 4.69) is 15.6 Å². The summed E-state index contributed by atoms with van der Waals surface area (Å²) in [4.78, 5) is 4.17. The molecule has 2 saturated carbocycles. The van der Waals surface area contributed by atoms with Gasteiger partial charge in [0.05, 0.1) is 6.10 Å². The lowest BCUT2D eigenvalue weighted by Crippen LogP contribution is -2.41. The van der Waals surface area contributed by atoms with E-state index in [1.807, 2.05) is 0 Å². The summed E-state index contributed by atoms with van der Waals surface area (Å²) in [7, 11) is 1.79. The third-order valence-corrected chi connectivity index (χ3v) is 3.29. The van der Waals surface area contributed by atoms with Gasteiger partial charge < -0.3 is 15.7 Å². The zero-order valence-electron chi connectivity index (χ0n) is 9.37. The lowest BCUT2D eigenvalue weighted by molar-refractivity contribution is 0.134. The fraction of sp³-hybridized carbons (Fsp3) is 0.909. The van der Waals surface area contributed by atoms with Gasteiger partial charge in [-0.25, -0.2) is 0 Å². The lowest BCUT2D eigenvalue weighted by Gasteiger charge is -2.17. The molecular formula is C11H21N3O. The smallest absolute Gasteiger partial charge is 0.191 e. The molecule has 0 aromatic rings. The Hall–Kier alpha value is -0.770. The molecule has 3 N–H and O–H groups in total. The number of aliphatic hydroxyl groups excluding tert-OH is 1. The minimum Gasteiger partial charge on any atom is -0.393 e. The number of guanidine groups is 1. The maximum atomic E-state index is 9.67. The second-order valence-corrected chi connectivity index (χ2v) is 4.63. The van der Waals surface area contributed by atoms with Gasteiger partial charge in [0.25, 0.3) is 0 Å². The van der Waals surface area contributed by atoms with E-state index in [0.717, 1.165) is 31.8 Å². The van der Waals surface area contributed by atoms with Crippen molar-refractivity contribution < 1.29 is 5.11 Å². The lowest BCUT2D eigenvalue weighted by atomic mass is 10.1. The van der Waals surface area contributed by atoms with Gasteiger partial charge in [0.1, 0.15) is 0 Å². The molecule has 2 unspecified atom stereocenters. The van der Waals surface area contributed by atoms with Gasteiger partial charge in [-0.1, -0.05) is 6.42 Å². The predicted octanol–water partition coefficient (Wildman–Crippen LogP) is 0.475. The monoisotopic (exact) mass is 211 g/mol. The third-order valence-electron chi connectivity index (χ3n) is 3.29. The van der Waals surface area contributed by atoms with Gasteiger partial charge in [0, 0.05) is 25.6 Å². The Labute approximate surface area is 91.2 Å². The largest absolute Gasteiger partial charge is 0.393 e. The van der Waals surface area contributed by atoms with Crippen LogP contribution in [0.2, 0.25) is 0 Å². The van der Waals surface area contributed by atoms with Crippen molar-refractivity contribution in [2.45, 2.75) is 44.2 Å². The van der Waals surface area contributed by atoms with Crippen LogP contribution < -0.4 is 10.6 Å². The molecule has 2 fully saturated rings. The summed E-state index contributed by atoms with van der Waals surface area (Å²) in [6, 6.07) is 0.629. The molecule has 86 valence electrons. The molecule has 2 aliphatic carbocycles. The molecule has 2 rings (SSSR count). The van der Waals surface area contributed by atoms with Crippen LogP contribution in [0, 0.1) is 5.92 Å². The van der Waals surface area contributed by atoms with Crippen LogP contribution in [0.4, 0.5) is 0 Å². The SMILES string of the molecule is CN=C(NCC1CCCC1O)NC1CC1. The topological polar surface area (TPSA) is 56.7 Å². The summed E-state index contributed by atoms with van der Waals surface area (Å²) in [5.41, 5.74) is 0. The van der Waals surface area contributed by atoms with E-state index < -0.39 is 0 Å². The Morgan fingerprint density at radius 3 is 2.67 bits per heavy atom. The molecule has 0 bridgehead atoms. The third kappa shape index (κ3) is 3.09. The molecule has 0 radical (unpaired) electrons. The normalized spacial score (nSPS) is 31.7. The molecule has 4 nitrogen and oxygen atoms in total. The number of aliphatic hydroxyl groups is 1. The van der Waals surface area contributed by atoms with Crippen LogP contribution in [-0.4, -0.2) is 36.8 Å². The van der Waals surface area contributed by atoms with E-state index in [0.29, 0.717) is 12.0 Å². The molecule has 0 saturated heterocycles. The van der Waals surface area contributed by atoms with Crippen LogP contribution in [-0.2, 0) is 0 Å². The van der Waals surface area contributed by atoms with Crippen LogP contribution in [0.25, 0.3) is 0 Å². The first-order chi connectivity index (χ1) is 7.29. The summed E-state index contributed by atoms with van der Waals surface area (Å²) in [6.07, 6.45) is 5.65. The summed E-state index contributed by atoms with van der Waals surface area (Å²) in [5, 5.41) is 16.3. The maximum absolute atomic E-state index is 9.67. The van der Waals surface area contributed by atoms with E-state index in [1.165, 1.54) is 12.8 Å². The molecule has 0 spiro atoms. The average Bonchev–Trinajstić information content (AvgIpc) is 2.96. The van der Waals surface area contributed by atoms with E-state index in [9.17, 15) is 5.11 Å². The Kier molecular flexibility index (Phi) is 3.46. The van der Waals surface area contributed by atoms with E-state index in [-0.39, 0.29) is 6.10 Å². The highest BCUT2D eigenvalue weighted by Gasteiger charge is 2.26. The first-order valence-corrected chi connectivity index (χ1v) is 5.95. The van der Waals surface area contributed by atoms with Gasteiger partial charge in [-0.15, -0.1) is 0 Å².